The van der Waals surface area contributed by atoms with Crippen molar-refractivity contribution in [3.05, 3.63) is 23.8 Å². The molecule has 5 aliphatic rings. The number of nitrogens with two attached hydrogens (primary N) is 1. The van der Waals surface area contributed by atoms with Gasteiger partial charge in [-0.25, -0.2) is 0 Å². The van der Waals surface area contributed by atoms with Crippen LogP contribution < -0.4 is 5.73 Å². The van der Waals surface area contributed by atoms with Gasteiger partial charge in [-0.05, 0) is 77.9 Å². The van der Waals surface area contributed by atoms with Gasteiger partial charge >= 0.3 is 5.97 Å². The first-order valence-corrected chi connectivity index (χ1v) is 14.7. The average Bonchev–Trinajstić information content (AvgIpc) is 3.03. The highest BCUT2D eigenvalue weighted by Crippen LogP contribution is 2.76. The quantitative estimate of drug-likeness (QED) is 0.299. The predicted molar refractivity (Wildman–Crippen MR) is 148 cm³/mol. The molecule has 0 radical (unpaired) electrons. The number of allylic oxidation sites excluding steroid dienone is 2. The Hall–Kier alpha value is -2.16. The van der Waals surface area contributed by atoms with E-state index in [1.165, 1.54) is 6.08 Å². The van der Waals surface area contributed by atoms with Crippen molar-refractivity contribution >= 4 is 23.3 Å². The second kappa shape index (κ2) is 8.68. The van der Waals surface area contributed by atoms with Gasteiger partial charge in [0, 0.05) is 29.1 Å². The Morgan fingerprint density at radius 3 is 2.48 bits per heavy atom. The number of ether oxygens (including phenoxy) is 2. The summed E-state index contributed by atoms with van der Waals surface area (Å²) >= 11 is 0. The highest BCUT2D eigenvalue weighted by atomic mass is 16.6. The smallest absolute Gasteiger partial charge is 0.306 e. The molecular formula is C32H45NO7. The predicted octanol–water partition coefficient (Wildman–Crippen LogP) is 3.63. The van der Waals surface area contributed by atoms with Crippen LogP contribution in [0.15, 0.2) is 23.8 Å². The molecule has 1 spiro atoms. The summed E-state index contributed by atoms with van der Waals surface area (Å²) in [6, 6.07) is -0.625. The lowest BCUT2D eigenvalue weighted by molar-refractivity contribution is -0.345. The molecule has 1 saturated heterocycles. The van der Waals surface area contributed by atoms with Crippen molar-refractivity contribution in [3.63, 3.8) is 0 Å². The maximum atomic E-state index is 14.3. The van der Waals surface area contributed by atoms with Gasteiger partial charge in [0.05, 0.1) is 23.7 Å². The van der Waals surface area contributed by atoms with E-state index in [1.54, 1.807) is 33.8 Å². The van der Waals surface area contributed by atoms with Crippen molar-refractivity contribution < 1.29 is 33.8 Å². The average molecular weight is 556 g/mol. The lowest BCUT2D eigenvalue weighted by atomic mass is 9.39. The molecule has 9 atom stereocenters. The van der Waals surface area contributed by atoms with Crippen molar-refractivity contribution in [3.8, 4) is 0 Å². The van der Waals surface area contributed by atoms with Gasteiger partial charge in [0.2, 0.25) is 0 Å². The van der Waals surface area contributed by atoms with Crippen molar-refractivity contribution in [2.75, 3.05) is 0 Å². The summed E-state index contributed by atoms with van der Waals surface area (Å²) in [5.41, 5.74) is 2.08. The summed E-state index contributed by atoms with van der Waals surface area (Å²) in [5.74, 6) is -1.46. The number of hydrogen-bond acceptors (Lipinski definition) is 8. The standard InChI is InChI=1S/C32H45NO7/c1-9-24(37)39-27(2,3)13-12-22(35)31(8)25-20(34)15-29(6)21-11-10-17-18(14-19(33)26(38)28(17,4)5)30(21,7)23(36)16-32(25,29)40-31/h10,12-13,18-21,25,34H,9,11,14-16,33H2,1-8H3/b13-12+/t18-,19+,20-,21+,25-,29+,30+,31+,32+/m1/s1. The van der Waals surface area contributed by atoms with Gasteiger partial charge in [-0.2, -0.15) is 0 Å². The Kier molecular flexibility index (Phi) is 6.37. The third kappa shape index (κ3) is 3.54. The van der Waals surface area contributed by atoms with Gasteiger partial charge in [0.15, 0.2) is 11.6 Å². The SMILES string of the molecule is CCC(=O)OC(C)(C)/C=C/C(=O)[C@]1(C)O[C@]23CC(=O)[C@@]4(C)[C@@H]5C[C@H](N)C(=O)C(C)(C)C5=CC[C@H]4[C@]2(C)C[C@@H](O)[C@H]13. The first-order chi connectivity index (χ1) is 18.3. The summed E-state index contributed by atoms with van der Waals surface area (Å²) in [5, 5.41) is 11.5. The zero-order valence-corrected chi connectivity index (χ0v) is 25.1. The first-order valence-electron chi connectivity index (χ1n) is 14.7. The van der Waals surface area contributed by atoms with E-state index in [1.807, 2.05) is 20.8 Å². The molecule has 3 N–H and O–H groups in total. The van der Waals surface area contributed by atoms with Gasteiger partial charge < -0.3 is 20.3 Å². The number of Topliss-reactive ketones (excluding diaryl/α,β-unsaturated/α-hetero) is 2. The van der Waals surface area contributed by atoms with E-state index >= 15 is 0 Å². The van der Waals surface area contributed by atoms with E-state index in [2.05, 4.69) is 13.0 Å². The molecule has 1 heterocycles. The van der Waals surface area contributed by atoms with E-state index in [9.17, 15) is 24.3 Å². The Morgan fingerprint density at radius 1 is 1.20 bits per heavy atom. The van der Waals surface area contributed by atoms with Gasteiger partial charge in [-0.1, -0.05) is 32.4 Å². The molecule has 0 amide bonds. The maximum Gasteiger partial charge on any atom is 0.306 e. The molecular weight excluding hydrogens is 510 g/mol. The summed E-state index contributed by atoms with van der Waals surface area (Å²) in [6.07, 6.45) is 6.04. The number of aliphatic hydroxyl groups excluding tert-OH is 1. The second-order valence-corrected chi connectivity index (χ2v) is 14.6. The lowest BCUT2D eigenvalue weighted by Crippen LogP contribution is -2.78. The van der Waals surface area contributed by atoms with E-state index in [0.29, 0.717) is 19.3 Å². The minimum atomic E-state index is -1.30. The molecule has 5 rings (SSSR count). The summed E-state index contributed by atoms with van der Waals surface area (Å²) in [4.78, 5) is 52.6. The summed E-state index contributed by atoms with van der Waals surface area (Å²) in [7, 11) is 0. The first kappa shape index (κ1) is 29.3. The largest absolute Gasteiger partial charge is 0.455 e. The second-order valence-electron chi connectivity index (χ2n) is 14.6. The van der Waals surface area contributed by atoms with E-state index in [-0.39, 0.29) is 48.0 Å². The molecule has 1 aliphatic heterocycles. The Morgan fingerprint density at radius 2 is 1.85 bits per heavy atom. The fourth-order valence-electron chi connectivity index (χ4n) is 9.56. The fourth-order valence-corrected chi connectivity index (χ4v) is 9.56. The van der Waals surface area contributed by atoms with Crippen LogP contribution in [0.4, 0.5) is 0 Å². The number of esters is 1. The minimum absolute atomic E-state index is 0.0108. The van der Waals surface area contributed by atoms with Crippen LogP contribution in [0.2, 0.25) is 0 Å². The number of aliphatic hydroxyl groups is 1. The van der Waals surface area contributed by atoms with Crippen molar-refractivity contribution in [1.82, 2.24) is 0 Å². The van der Waals surface area contributed by atoms with Crippen molar-refractivity contribution in [2.24, 2.45) is 39.7 Å². The van der Waals surface area contributed by atoms with Crippen molar-refractivity contribution in [1.29, 1.82) is 0 Å². The third-order valence-electron chi connectivity index (χ3n) is 11.6. The van der Waals surface area contributed by atoms with Crippen LogP contribution in [0.25, 0.3) is 0 Å². The van der Waals surface area contributed by atoms with Crippen LogP contribution in [0.1, 0.15) is 87.5 Å². The molecule has 8 nitrogen and oxygen atoms in total. The van der Waals surface area contributed by atoms with Crippen LogP contribution in [0.3, 0.4) is 0 Å². The van der Waals surface area contributed by atoms with Gasteiger partial charge in [-0.3, -0.25) is 19.2 Å². The number of carbonyl (C=O) groups is 4. The number of carbonyl (C=O) groups excluding carboxylic acids is 4. The van der Waals surface area contributed by atoms with E-state index in [4.69, 9.17) is 15.2 Å². The molecule has 3 saturated carbocycles. The van der Waals surface area contributed by atoms with Crippen LogP contribution in [-0.4, -0.2) is 57.4 Å². The third-order valence-corrected chi connectivity index (χ3v) is 11.6. The number of rotatable bonds is 5. The van der Waals surface area contributed by atoms with Gasteiger partial charge in [0.1, 0.15) is 17.0 Å². The minimum Gasteiger partial charge on any atom is -0.455 e. The van der Waals surface area contributed by atoms with Gasteiger partial charge in [-0.15, -0.1) is 0 Å². The number of hydrogen-bond donors (Lipinski definition) is 2. The fraction of sp³-hybridized carbons (Fsp3) is 0.750. The molecule has 0 aromatic rings. The lowest BCUT2D eigenvalue weighted by Gasteiger charge is -2.70. The van der Waals surface area contributed by atoms with E-state index in [0.717, 1.165) is 5.57 Å². The molecule has 4 aliphatic carbocycles. The monoisotopic (exact) mass is 555 g/mol. The van der Waals surface area contributed by atoms with Crippen molar-refractivity contribution in [2.45, 2.75) is 116 Å². The van der Waals surface area contributed by atoms with Gasteiger partial charge in [0.25, 0.3) is 0 Å². The molecule has 40 heavy (non-hydrogen) atoms. The summed E-state index contributed by atoms with van der Waals surface area (Å²) < 4.78 is 12.1. The van der Waals surface area contributed by atoms with Crippen LogP contribution in [-0.2, 0) is 28.7 Å². The zero-order chi connectivity index (χ0) is 29.8. The molecule has 0 aromatic carbocycles. The zero-order valence-electron chi connectivity index (χ0n) is 25.1. The highest BCUT2D eigenvalue weighted by Gasteiger charge is 2.83. The Balaban J connectivity index is 1.48. The van der Waals surface area contributed by atoms with E-state index < -0.39 is 51.1 Å². The number of ketones is 3. The molecule has 4 fully saturated rings. The highest BCUT2D eigenvalue weighted by molar-refractivity contribution is 5.99. The van der Waals surface area contributed by atoms with Crippen LogP contribution in [0.5, 0.6) is 0 Å². The summed E-state index contributed by atoms with van der Waals surface area (Å²) in [6.45, 7) is 14.8. The maximum absolute atomic E-state index is 14.3. The molecule has 220 valence electrons. The molecule has 0 bridgehead atoms. The van der Waals surface area contributed by atoms with Crippen LogP contribution >= 0.6 is 0 Å². The molecule has 0 aromatic heterocycles. The van der Waals surface area contributed by atoms with Crippen LogP contribution in [0, 0.1) is 34.0 Å². The normalized spacial score (nSPS) is 45.5. The molecule has 0 unspecified atom stereocenters. The number of fused-ring (bicyclic) bond motifs is 4. The Bertz CT molecular complexity index is 1250. The molecule has 8 heteroatoms. The topological polar surface area (TPSA) is 133 Å². The Labute approximate surface area is 237 Å².